The van der Waals surface area contributed by atoms with Gasteiger partial charge in [-0.05, 0) is 0 Å². The van der Waals surface area contributed by atoms with E-state index in [4.69, 9.17) is 26.6 Å². The van der Waals surface area contributed by atoms with E-state index in [0.717, 1.165) is 0 Å². The van der Waals surface area contributed by atoms with Crippen LogP contribution in [-0.2, 0) is 61.7 Å². The molecule has 0 aliphatic heterocycles. The Morgan fingerprint density at radius 2 is 0.700 bits per heavy atom. The number of hydrogen-bond acceptors (Lipinski definition) is 6. The molecule has 0 N–H and O–H groups in total. The smallest absolute Gasteiger partial charge is 0.784 e. The normalized spacial score (nSPS) is 7.00. The molecule has 0 saturated carbocycles. The van der Waals surface area contributed by atoms with Crippen LogP contribution in [0.15, 0.2) is 0 Å². The van der Waals surface area contributed by atoms with Crippen LogP contribution in [0.3, 0.4) is 0 Å². The molecule has 0 aromatic carbocycles. The average Bonchev–Trinajstić information content (AvgIpc) is 1.25. The summed E-state index contributed by atoms with van der Waals surface area (Å²) in [7, 11) is 0. The molecule has 0 rings (SSSR count). The SMILES string of the molecule is O=S([O-])[O-].O=S([O-])[O-].[Zn+2].[Zn+2]. The molecule has 0 unspecified atom stereocenters. The van der Waals surface area contributed by atoms with Crippen LogP contribution < -0.4 is 0 Å². The number of rotatable bonds is 0. The fraction of sp³-hybridized carbons (Fsp3) is 0. The van der Waals surface area contributed by atoms with E-state index in [0.29, 0.717) is 0 Å². The van der Waals surface area contributed by atoms with Crippen LogP contribution in [0.25, 0.3) is 0 Å². The minimum Gasteiger partial charge on any atom is -0.784 e. The van der Waals surface area contributed by atoms with Crippen molar-refractivity contribution in [3.05, 3.63) is 0 Å². The molecule has 0 bridgehead atoms. The van der Waals surface area contributed by atoms with Gasteiger partial charge in [0.05, 0.1) is 0 Å². The molecule has 0 aromatic rings. The van der Waals surface area contributed by atoms with Crippen LogP contribution in [-0.4, -0.2) is 26.6 Å². The Labute approximate surface area is 87.9 Å². The van der Waals surface area contributed by atoms with E-state index >= 15 is 0 Å². The van der Waals surface area contributed by atoms with E-state index in [1.165, 1.54) is 0 Å². The third kappa shape index (κ3) is 343. The molecule has 0 amide bonds. The summed E-state index contributed by atoms with van der Waals surface area (Å²) < 4.78 is 50.7. The molecule has 0 aliphatic rings. The fourth-order valence-electron chi connectivity index (χ4n) is 0. The van der Waals surface area contributed by atoms with Crippen molar-refractivity contribution in [1.29, 1.82) is 0 Å². The molecular weight excluding hydrogens is 291 g/mol. The minimum atomic E-state index is -3.11. The van der Waals surface area contributed by atoms with Crippen LogP contribution in [0.1, 0.15) is 0 Å². The molecule has 6 nitrogen and oxygen atoms in total. The standard InChI is InChI=1S/2H2O3S.2Zn/c2*1-4(2)3;;/h2*(H2,1,2,3);;/q;;2*+2/p-4. The Morgan fingerprint density at radius 1 is 0.700 bits per heavy atom. The van der Waals surface area contributed by atoms with Gasteiger partial charge in [-0.15, -0.1) is 22.7 Å². The molecule has 0 fully saturated rings. The quantitative estimate of drug-likeness (QED) is 0.374. The Hall–Kier alpha value is 1.39. The van der Waals surface area contributed by atoms with E-state index < -0.39 is 22.7 Å². The summed E-state index contributed by atoms with van der Waals surface area (Å²) in [4.78, 5) is 0. The third-order valence-electron chi connectivity index (χ3n) is 0. The molecular formula is O6S2Zn2. The van der Waals surface area contributed by atoms with Crippen LogP contribution in [0.4, 0.5) is 0 Å². The molecule has 52 valence electrons. The molecule has 0 saturated heterocycles. The zero-order chi connectivity index (χ0) is 7.15. The maximum atomic E-state index is 8.44. The van der Waals surface area contributed by atoms with E-state index in [9.17, 15) is 0 Å². The van der Waals surface area contributed by atoms with Crippen molar-refractivity contribution >= 4 is 22.7 Å². The van der Waals surface area contributed by atoms with Crippen molar-refractivity contribution in [1.82, 2.24) is 0 Å². The fourth-order valence-corrected chi connectivity index (χ4v) is 0. The third-order valence-corrected chi connectivity index (χ3v) is 0. The molecule has 0 aliphatic carbocycles. The van der Waals surface area contributed by atoms with Crippen molar-refractivity contribution in [2.45, 2.75) is 0 Å². The zero-order valence-electron chi connectivity index (χ0n) is 4.68. The Bertz CT molecular complexity index is 71.7. The second-order valence-corrected chi connectivity index (χ2v) is 1.22. The maximum Gasteiger partial charge on any atom is 2.00 e. The monoisotopic (exact) mass is 288 g/mol. The Morgan fingerprint density at radius 3 is 0.700 bits per heavy atom. The molecule has 10 heteroatoms. The molecule has 0 atom stereocenters. The predicted molar refractivity (Wildman–Crippen MR) is 19.4 cm³/mol. The van der Waals surface area contributed by atoms with Crippen molar-refractivity contribution in [2.75, 3.05) is 0 Å². The summed E-state index contributed by atoms with van der Waals surface area (Å²) in [5, 5.41) is 0. The summed E-state index contributed by atoms with van der Waals surface area (Å²) in [5.74, 6) is 0. The van der Waals surface area contributed by atoms with Gasteiger partial charge in [-0.2, -0.15) is 0 Å². The van der Waals surface area contributed by atoms with Gasteiger partial charge in [0.2, 0.25) is 0 Å². The zero-order valence-corrected chi connectivity index (χ0v) is 12.2. The van der Waals surface area contributed by atoms with E-state index in [1.807, 2.05) is 0 Å². The van der Waals surface area contributed by atoms with E-state index in [2.05, 4.69) is 0 Å². The van der Waals surface area contributed by atoms with E-state index in [1.54, 1.807) is 0 Å². The van der Waals surface area contributed by atoms with Gasteiger partial charge < -0.3 is 18.2 Å². The summed E-state index contributed by atoms with van der Waals surface area (Å²) >= 11 is -6.22. The minimum absolute atomic E-state index is 0. The van der Waals surface area contributed by atoms with Gasteiger partial charge in [0, 0.05) is 0 Å². The van der Waals surface area contributed by atoms with E-state index in [-0.39, 0.29) is 39.0 Å². The van der Waals surface area contributed by atoms with Gasteiger partial charge in [0.15, 0.2) is 0 Å². The van der Waals surface area contributed by atoms with Gasteiger partial charge in [0.25, 0.3) is 0 Å². The largest absolute Gasteiger partial charge is 2.00 e. The van der Waals surface area contributed by atoms with Crippen molar-refractivity contribution < 1.29 is 65.6 Å². The Kier molecular flexibility index (Phi) is 37.8. The van der Waals surface area contributed by atoms with Crippen LogP contribution in [0, 0.1) is 0 Å². The molecule has 0 spiro atoms. The first-order valence-corrected chi connectivity index (χ1v) is 3.00. The summed E-state index contributed by atoms with van der Waals surface area (Å²) in [5.41, 5.74) is 0. The van der Waals surface area contributed by atoms with Crippen molar-refractivity contribution in [3.63, 3.8) is 0 Å². The Balaban J connectivity index is -0.0000000300. The van der Waals surface area contributed by atoms with Crippen LogP contribution in [0.5, 0.6) is 0 Å². The van der Waals surface area contributed by atoms with Gasteiger partial charge >= 0.3 is 39.0 Å². The topological polar surface area (TPSA) is 126 Å². The first kappa shape index (κ1) is 22.5. The average molecular weight is 291 g/mol. The molecule has 0 aromatic heterocycles. The summed E-state index contributed by atoms with van der Waals surface area (Å²) in [6.07, 6.45) is 0. The van der Waals surface area contributed by atoms with Crippen molar-refractivity contribution in [2.24, 2.45) is 0 Å². The second kappa shape index (κ2) is 16.8. The predicted octanol–water partition coefficient (Wildman–Crippen LogP) is -2.01. The molecule has 10 heavy (non-hydrogen) atoms. The molecule has 0 radical (unpaired) electrons. The second-order valence-electron chi connectivity index (χ2n) is 0.408. The van der Waals surface area contributed by atoms with Gasteiger partial charge in [-0.3, -0.25) is 8.42 Å². The first-order valence-electron chi connectivity index (χ1n) is 1.00. The van der Waals surface area contributed by atoms with Crippen molar-refractivity contribution in [3.8, 4) is 0 Å². The maximum absolute atomic E-state index is 8.44. The summed E-state index contributed by atoms with van der Waals surface area (Å²) in [6, 6.07) is 0. The number of hydrogen-bond donors (Lipinski definition) is 0. The molecule has 0 heterocycles. The van der Waals surface area contributed by atoms with Crippen LogP contribution in [0.2, 0.25) is 0 Å². The van der Waals surface area contributed by atoms with Gasteiger partial charge in [-0.1, -0.05) is 0 Å². The van der Waals surface area contributed by atoms with Crippen LogP contribution >= 0.6 is 0 Å². The van der Waals surface area contributed by atoms with Gasteiger partial charge in [0.1, 0.15) is 0 Å². The summed E-state index contributed by atoms with van der Waals surface area (Å²) in [6.45, 7) is 0. The first-order chi connectivity index (χ1) is 3.46. The van der Waals surface area contributed by atoms with Gasteiger partial charge in [-0.25, -0.2) is 0 Å².